The van der Waals surface area contributed by atoms with Crippen molar-refractivity contribution in [3.05, 3.63) is 24.0 Å². The molecule has 3 nitrogen and oxygen atoms in total. The van der Waals surface area contributed by atoms with Gasteiger partial charge in [0.05, 0.1) is 13.3 Å². The Labute approximate surface area is 97.0 Å². The molecule has 0 amide bonds. The third-order valence-electron chi connectivity index (χ3n) is 2.19. The lowest BCUT2D eigenvalue weighted by Crippen LogP contribution is -2.53. The second kappa shape index (κ2) is 4.30. The molecule has 9 heteroatoms. The van der Waals surface area contributed by atoms with E-state index < -0.39 is 23.5 Å². The molecule has 0 unspecified atom stereocenters. The molecule has 1 N–H and O–H groups in total. The smallest absolute Gasteiger partial charge is 0.430 e. The van der Waals surface area contributed by atoms with Crippen molar-refractivity contribution in [3.63, 3.8) is 0 Å². The topological polar surface area (TPSA) is 42.4 Å². The van der Waals surface area contributed by atoms with Crippen LogP contribution >= 0.6 is 0 Å². The predicted octanol–water partition coefficient (Wildman–Crippen LogP) is 2.40. The SMILES string of the molecule is COc1cncc(C(O)(C(F)(F)F)C(F)(F)F)c1. The van der Waals surface area contributed by atoms with Gasteiger partial charge < -0.3 is 9.84 Å². The van der Waals surface area contributed by atoms with Crippen molar-refractivity contribution < 1.29 is 36.2 Å². The minimum atomic E-state index is -5.93. The van der Waals surface area contributed by atoms with Crippen LogP contribution in [-0.4, -0.2) is 29.6 Å². The lowest BCUT2D eigenvalue weighted by molar-refractivity contribution is -0.376. The summed E-state index contributed by atoms with van der Waals surface area (Å²) in [6.07, 6.45) is -10.7. The van der Waals surface area contributed by atoms with E-state index in [9.17, 15) is 26.3 Å². The van der Waals surface area contributed by atoms with Crippen molar-refractivity contribution in [2.45, 2.75) is 18.0 Å². The summed E-state index contributed by atoms with van der Waals surface area (Å²) in [6, 6.07) is 0.425. The first-order chi connectivity index (χ1) is 8.04. The van der Waals surface area contributed by atoms with Crippen LogP contribution in [0.1, 0.15) is 5.56 Å². The van der Waals surface area contributed by atoms with Crippen molar-refractivity contribution in [1.82, 2.24) is 4.98 Å². The van der Waals surface area contributed by atoms with Gasteiger partial charge in [0.2, 0.25) is 0 Å². The zero-order chi connectivity index (χ0) is 14.2. The molecule has 1 aromatic heterocycles. The van der Waals surface area contributed by atoms with E-state index >= 15 is 0 Å². The normalized spacial score (nSPS) is 13.6. The average molecular weight is 275 g/mol. The highest BCUT2D eigenvalue weighted by atomic mass is 19.4. The van der Waals surface area contributed by atoms with Crippen molar-refractivity contribution in [2.75, 3.05) is 7.11 Å². The number of rotatable bonds is 2. The number of alkyl halides is 6. The summed E-state index contributed by atoms with van der Waals surface area (Å²) >= 11 is 0. The second-order valence-corrected chi connectivity index (χ2v) is 3.32. The van der Waals surface area contributed by atoms with Gasteiger partial charge in [-0.3, -0.25) is 4.98 Å². The van der Waals surface area contributed by atoms with E-state index in [1.807, 2.05) is 0 Å². The Morgan fingerprint density at radius 2 is 1.56 bits per heavy atom. The Morgan fingerprint density at radius 3 is 1.94 bits per heavy atom. The van der Waals surface area contributed by atoms with E-state index in [0.29, 0.717) is 6.07 Å². The second-order valence-electron chi connectivity index (χ2n) is 3.32. The number of hydrogen-bond acceptors (Lipinski definition) is 3. The number of methoxy groups -OCH3 is 1. The third-order valence-corrected chi connectivity index (χ3v) is 2.19. The quantitative estimate of drug-likeness (QED) is 0.843. The highest BCUT2D eigenvalue weighted by Gasteiger charge is 2.71. The van der Waals surface area contributed by atoms with Gasteiger partial charge in [0.1, 0.15) is 5.75 Å². The van der Waals surface area contributed by atoms with Gasteiger partial charge >= 0.3 is 12.4 Å². The Bertz CT molecular complexity index is 414. The molecule has 0 radical (unpaired) electrons. The first kappa shape index (κ1) is 14.6. The summed E-state index contributed by atoms with van der Waals surface area (Å²) in [4.78, 5) is 3.16. The molecular formula is C9H7F6NO2. The zero-order valence-corrected chi connectivity index (χ0v) is 8.80. The van der Waals surface area contributed by atoms with Crippen LogP contribution in [0, 0.1) is 0 Å². The molecule has 0 aliphatic heterocycles. The van der Waals surface area contributed by atoms with E-state index in [1.54, 1.807) is 0 Å². The van der Waals surface area contributed by atoms with Crippen LogP contribution in [0.2, 0.25) is 0 Å². The number of halogens is 6. The van der Waals surface area contributed by atoms with Gasteiger partial charge in [0, 0.05) is 11.8 Å². The molecule has 0 aliphatic rings. The minimum absolute atomic E-state index is 0.281. The summed E-state index contributed by atoms with van der Waals surface area (Å²) in [5.41, 5.74) is -6.44. The van der Waals surface area contributed by atoms with Gasteiger partial charge in [0.25, 0.3) is 5.60 Å². The molecule has 1 rings (SSSR count). The van der Waals surface area contributed by atoms with E-state index in [1.165, 1.54) is 0 Å². The van der Waals surface area contributed by atoms with E-state index in [2.05, 4.69) is 9.72 Å². The molecule has 0 aliphatic carbocycles. The predicted molar refractivity (Wildman–Crippen MR) is 46.8 cm³/mol. The van der Waals surface area contributed by atoms with Crippen molar-refractivity contribution in [3.8, 4) is 5.75 Å². The molecule has 0 aromatic carbocycles. The van der Waals surface area contributed by atoms with Crippen LogP contribution in [0.5, 0.6) is 5.75 Å². The number of hydrogen-bond donors (Lipinski definition) is 1. The summed E-state index contributed by atoms with van der Waals surface area (Å²) in [7, 11) is 1.04. The number of aliphatic hydroxyl groups is 1. The van der Waals surface area contributed by atoms with Gasteiger partial charge in [-0.2, -0.15) is 26.3 Å². The van der Waals surface area contributed by atoms with Crippen LogP contribution < -0.4 is 4.74 Å². The maximum Gasteiger partial charge on any atom is 0.430 e. The van der Waals surface area contributed by atoms with Gasteiger partial charge in [-0.25, -0.2) is 0 Å². The Morgan fingerprint density at radius 1 is 1.06 bits per heavy atom. The van der Waals surface area contributed by atoms with Crippen molar-refractivity contribution in [1.29, 1.82) is 0 Å². The molecule has 0 fully saturated rings. The highest BCUT2D eigenvalue weighted by Crippen LogP contribution is 2.50. The number of ether oxygens (including phenoxy) is 1. The fraction of sp³-hybridized carbons (Fsp3) is 0.444. The molecule has 18 heavy (non-hydrogen) atoms. The third kappa shape index (κ3) is 2.22. The highest BCUT2D eigenvalue weighted by molar-refractivity contribution is 5.30. The molecule has 0 atom stereocenters. The molecule has 102 valence electrons. The van der Waals surface area contributed by atoms with Gasteiger partial charge in [0.15, 0.2) is 0 Å². The van der Waals surface area contributed by atoms with Gasteiger partial charge in [-0.1, -0.05) is 0 Å². The minimum Gasteiger partial charge on any atom is -0.495 e. The number of aromatic nitrogens is 1. The van der Waals surface area contributed by atoms with Gasteiger partial charge in [-0.15, -0.1) is 0 Å². The van der Waals surface area contributed by atoms with Crippen molar-refractivity contribution in [2.24, 2.45) is 0 Å². The first-order valence-corrected chi connectivity index (χ1v) is 4.39. The Hall–Kier alpha value is -1.51. The van der Waals surface area contributed by atoms with Crippen LogP contribution in [0.4, 0.5) is 26.3 Å². The first-order valence-electron chi connectivity index (χ1n) is 4.39. The molecule has 1 heterocycles. The summed E-state index contributed by atoms with van der Waals surface area (Å²) < 4.78 is 79.4. The fourth-order valence-corrected chi connectivity index (χ4v) is 1.22. The Balaban J connectivity index is 3.45. The fourth-order valence-electron chi connectivity index (χ4n) is 1.22. The zero-order valence-electron chi connectivity index (χ0n) is 8.80. The number of nitrogens with zero attached hydrogens (tertiary/aromatic N) is 1. The monoisotopic (exact) mass is 275 g/mol. The van der Waals surface area contributed by atoms with Crippen molar-refractivity contribution >= 4 is 0 Å². The molecule has 0 saturated carbocycles. The van der Waals surface area contributed by atoms with E-state index in [4.69, 9.17) is 5.11 Å². The molecule has 1 aromatic rings. The lowest BCUT2D eigenvalue weighted by Gasteiger charge is -2.32. The Kier molecular flexibility index (Phi) is 3.48. The largest absolute Gasteiger partial charge is 0.495 e. The van der Waals surface area contributed by atoms with Gasteiger partial charge in [-0.05, 0) is 6.07 Å². The van der Waals surface area contributed by atoms with E-state index in [-0.39, 0.29) is 11.9 Å². The van der Waals surface area contributed by atoms with E-state index in [0.717, 1.165) is 13.3 Å². The summed E-state index contributed by atoms with van der Waals surface area (Å²) in [5.74, 6) is -0.334. The average Bonchev–Trinajstić information content (AvgIpc) is 2.25. The molecular weight excluding hydrogens is 268 g/mol. The van der Waals surface area contributed by atoms with Crippen LogP contribution in [-0.2, 0) is 5.60 Å². The summed E-state index contributed by atoms with van der Waals surface area (Å²) in [6.45, 7) is 0. The maximum atomic E-state index is 12.5. The lowest BCUT2D eigenvalue weighted by atomic mass is 9.94. The summed E-state index contributed by atoms with van der Waals surface area (Å²) in [5, 5.41) is 9.03. The van der Waals surface area contributed by atoms with Crippen LogP contribution in [0.3, 0.4) is 0 Å². The molecule has 0 spiro atoms. The number of pyridine rings is 1. The molecule has 0 bridgehead atoms. The van der Waals surface area contributed by atoms with Crippen LogP contribution in [0.15, 0.2) is 18.5 Å². The molecule has 0 saturated heterocycles. The van der Waals surface area contributed by atoms with Crippen LogP contribution in [0.25, 0.3) is 0 Å². The maximum absolute atomic E-state index is 12.5. The standard InChI is InChI=1S/C9H7F6NO2/c1-18-6-2-5(3-16-4-6)7(17,8(10,11)12)9(13,14)15/h2-4,17H,1H3.